The fourth-order valence-corrected chi connectivity index (χ4v) is 2.52. The highest BCUT2D eigenvalue weighted by molar-refractivity contribution is 5.52. The predicted octanol–water partition coefficient (Wildman–Crippen LogP) is 2.99. The number of nitrogens with one attached hydrogen (secondary N) is 1. The average molecular weight is 339 g/mol. The Bertz CT molecular complexity index is 847. The van der Waals surface area contributed by atoms with Gasteiger partial charge in [-0.05, 0) is 60.2 Å². The summed E-state index contributed by atoms with van der Waals surface area (Å²) in [7, 11) is 1.65. The molecule has 0 aliphatic heterocycles. The zero-order valence-corrected chi connectivity index (χ0v) is 14.6. The first-order valence-corrected chi connectivity index (χ1v) is 8.10. The van der Waals surface area contributed by atoms with E-state index in [4.69, 9.17) is 9.47 Å². The lowest BCUT2D eigenvalue weighted by Crippen LogP contribution is -2.03. The van der Waals surface area contributed by atoms with Crippen molar-refractivity contribution < 1.29 is 9.47 Å². The van der Waals surface area contributed by atoms with Gasteiger partial charge in [0.25, 0.3) is 0 Å². The molecule has 0 unspecified atom stereocenters. The molecule has 0 saturated carbocycles. The molecule has 0 amide bonds. The van der Waals surface area contributed by atoms with Crippen LogP contribution in [0.2, 0.25) is 0 Å². The third-order valence-electron chi connectivity index (χ3n) is 3.74. The van der Waals surface area contributed by atoms with E-state index in [9.17, 15) is 0 Å². The van der Waals surface area contributed by atoms with E-state index < -0.39 is 0 Å². The number of hydrogen-bond acceptors (Lipinski definition) is 6. The Labute approximate surface area is 146 Å². The monoisotopic (exact) mass is 339 g/mol. The zero-order chi connectivity index (χ0) is 17.6. The van der Waals surface area contributed by atoms with Crippen molar-refractivity contribution in [2.45, 2.75) is 20.4 Å². The van der Waals surface area contributed by atoms with Crippen LogP contribution in [0.4, 0.5) is 5.69 Å². The van der Waals surface area contributed by atoms with Crippen LogP contribution < -0.4 is 14.8 Å². The Hall–Kier alpha value is -3.09. The Balaban J connectivity index is 1.73. The minimum Gasteiger partial charge on any atom is -0.493 e. The number of nitrogens with zero attached hydrogens (tertiary/aromatic N) is 4. The highest BCUT2D eigenvalue weighted by Crippen LogP contribution is 2.28. The van der Waals surface area contributed by atoms with E-state index >= 15 is 0 Å². The Morgan fingerprint density at radius 3 is 2.72 bits per heavy atom. The molecule has 2 aromatic carbocycles. The number of methoxy groups -OCH3 is 1. The first-order chi connectivity index (χ1) is 12.2. The summed E-state index contributed by atoms with van der Waals surface area (Å²) in [4.78, 5) is 0. The van der Waals surface area contributed by atoms with Crippen LogP contribution in [0.3, 0.4) is 0 Å². The van der Waals surface area contributed by atoms with Gasteiger partial charge in [0.15, 0.2) is 17.3 Å². The van der Waals surface area contributed by atoms with Gasteiger partial charge >= 0.3 is 0 Å². The summed E-state index contributed by atoms with van der Waals surface area (Å²) in [5, 5.41) is 15.0. The van der Waals surface area contributed by atoms with Gasteiger partial charge in [0.2, 0.25) is 0 Å². The molecule has 1 heterocycles. The molecule has 0 fully saturated rings. The first-order valence-electron chi connectivity index (χ1n) is 8.10. The van der Waals surface area contributed by atoms with Gasteiger partial charge in [0.05, 0.1) is 19.4 Å². The van der Waals surface area contributed by atoms with Gasteiger partial charge < -0.3 is 14.8 Å². The number of rotatable bonds is 7. The molecule has 7 heteroatoms. The summed E-state index contributed by atoms with van der Waals surface area (Å²) < 4.78 is 12.6. The summed E-state index contributed by atoms with van der Waals surface area (Å²) in [6.45, 7) is 5.10. The normalized spacial score (nSPS) is 10.5. The molecular formula is C18H21N5O2. The van der Waals surface area contributed by atoms with Crippen molar-refractivity contribution in [3.63, 3.8) is 0 Å². The van der Waals surface area contributed by atoms with Crippen LogP contribution in [0.1, 0.15) is 18.3 Å². The van der Waals surface area contributed by atoms with Crippen molar-refractivity contribution in [1.29, 1.82) is 0 Å². The lowest BCUT2D eigenvalue weighted by atomic mass is 10.2. The van der Waals surface area contributed by atoms with E-state index in [2.05, 4.69) is 20.8 Å². The molecule has 1 aromatic heterocycles. The molecule has 130 valence electrons. The van der Waals surface area contributed by atoms with Crippen LogP contribution in [-0.4, -0.2) is 33.9 Å². The lowest BCUT2D eigenvalue weighted by Gasteiger charge is -2.12. The van der Waals surface area contributed by atoms with Gasteiger partial charge in [-0.15, -0.1) is 5.10 Å². The van der Waals surface area contributed by atoms with Gasteiger partial charge in [-0.25, -0.2) is 0 Å². The molecule has 3 rings (SSSR count). The summed E-state index contributed by atoms with van der Waals surface area (Å²) in [6.07, 6.45) is 0. The highest BCUT2D eigenvalue weighted by atomic mass is 16.5. The molecule has 0 radical (unpaired) electrons. The van der Waals surface area contributed by atoms with Gasteiger partial charge in [-0.3, -0.25) is 0 Å². The van der Waals surface area contributed by atoms with Crippen LogP contribution in [-0.2, 0) is 6.54 Å². The lowest BCUT2D eigenvalue weighted by molar-refractivity contribution is 0.310. The maximum absolute atomic E-state index is 5.55. The summed E-state index contributed by atoms with van der Waals surface area (Å²) in [6, 6.07) is 13.9. The molecule has 0 spiro atoms. The van der Waals surface area contributed by atoms with Gasteiger partial charge in [0, 0.05) is 12.2 Å². The first kappa shape index (κ1) is 16.8. The van der Waals surface area contributed by atoms with Crippen LogP contribution in [0, 0.1) is 6.92 Å². The van der Waals surface area contributed by atoms with E-state index in [0.717, 1.165) is 34.3 Å². The molecule has 0 atom stereocenters. The van der Waals surface area contributed by atoms with Crippen molar-refractivity contribution in [2.24, 2.45) is 0 Å². The number of ether oxygens (including phenoxy) is 2. The second-order valence-electron chi connectivity index (χ2n) is 5.46. The van der Waals surface area contributed by atoms with Gasteiger partial charge in [-0.1, -0.05) is 12.1 Å². The Kier molecular flexibility index (Phi) is 5.13. The topological polar surface area (TPSA) is 74.1 Å². The summed E-state index contributed by atoms with van der Waals surface area (Å²) in [5.41, 5.74) is 3.00. The number of anilines is 1. The van der Waals surface area contributed by atoms with Gasteiger partial charge in [-0.2, -0.15) is 4.68 Å². The average Bonchev–Trinajstić information content (AvgIpc) is 3.07. The number of aromatic nitrogens is 4. The molecule has 25 heavy (non-hydrogen) atoms. The Morgan fingerprint density at radius 1 is 1.12 bits per heavy atom. The van der Waals surface area contributed by atoms with E-state index in [1.165, 1.54) is 0 Å². The van der Waals surface area contributed by atoms with E-state index in [-0.39, 0.29) is 0 Å². The smallest absolute Gasteiger partial charge is 0.161 e. The Morgan fingerprint density at radius 2 is 2.00 bits per heavy atom. The van der Waals surface area contributed by atoms with E-state index in [1.807, 2.05) is 56.3 Å². The molecule has 1 N–H and O–H groups in total. The number of aryl methyl sites for hydroxylation is 1. The third kappa shape index (κ3) is 3.88. The molecule has 0 aliphatic carbocycles. The molecule has 0 bridgehead atoms. The quantitative estimate of drug-likeness (QED) is 0.713. The van der Waals surface area contributed by atoms with Crippen LogP contribution >= 0.6 is 0 Å². The van der Waals surface area contributed by atoms with E-state index in [0.29, 0.717) is 13.2 Å². The van der Waals surface area contributed by atoms with Crippen molar-refractivity contribution in [3.05, 3.63) is 53.9 Å². The SMILES string of the molecule is CCOc1ccc(CNc2cccc(-n3nnnc3C)c2)cc1OC. The van der Waals surface area contributed by atoms with Crippen LogP contribution in [0.5, 0.6) is 11.5 Å². The standard InChI is InChI=1S/C18H21N5O2/c1-4-25-17-9-8-14(10-18(17)24-3)12-19-15-6-5-7-16(11-15)23-13(2)20-21-22-23/h5-11,19H,4,12H2,1-3H3. The number of tetrazole rings is 1. The van der Waals surface area contributed by atoms with Crippen molar-refractivity contribution in [3.8, 4) is 17.2 Å². The zero-order valence-electron chi connectivity index (χ0n) is 14.6. The minimum atomic E-state index is 0.608. The number of hydrogen-bond donors (Lipinski definition) is 1. The van der Waals surface area contributed by atoms with Gasteiger partial charge in [0.1, 0.15) is 0 Å². The second kappa shape index (κ2) is 7.65. The molecule has 3 aromatic rings. The van der Waals surface area contributed by atoms with Crippen LogP contribution in [0.25, 0.3) is 5.69 Å². The number of benzene rings is 2. The second-order valence-corrected chi connectivity index (χ2v) is 5.46. The highest BCUT2D eigenvalue weighted by Gasteiger charge is 2.07. The maximum atomic E-state index is 5.55. The summed E-state index contributed by atoms with van der Waals surface area (Å²) >= 11 is 0. The fourth-order valence-electron chi connectivity index (χ4n) is 2.52. The van der Waals surface area contributed by atoms with Crippen molar-refractivity contribution in [2.75, 3.05) is 19.0 Å². The predicted molar refractivity (Wildman–Crippen MR) is 95.4 cm³/mol. The van der Waals surface area contributed by atoms with Crippen molar-refractivity contribution >= 4 is 5.69 Å². The third-order valence-corrected chi connectivity index (χ3v) is 3.74. The molecule has 0 aliphatic rings. The molecular weight excluding hydrogens is 318 g/mol. The molecule has 7 nitrogen and oxygen atoms in total. The van der Waals surface area contributed by atoms with E-state index in [1.54, 1.807) is 11.8 Å². The summed E-state index contributed by atoms with van der Waals surface area (Å²) in [5.74, 6) is 2.23. The fraction of sp³-hybridized carbons (Fsp3) is 0.278. The largest absolute Gasteiger partial charge is 0.493 e. The maximum Gasteiger partial charge on any atom is 0.161 e. The van der Waals surface area contributed by atoms with Crippen molar-refractivity contribution in [1.82, 2.24) is 20.2 Å². The minimum absolute atomic E-state index is 0.608. The molecule has 0 saturated heterocycles. The van der Waals surface area contributed by atoms with Crippen LogP contribution in [0.15, 0.2) is 42.5 Å².